The lowest BCUT2D eigenvalue weighted by atomic mass is 9.72. The van der Waals surface area contributed by atoms with Gasteiger partial charge in [-0.05, 0) is 38.4 Å². The summed E-state index contributed by atoms with van der Waals surface area (Å²) < 4.78 is 10.4. The van der Waals surface area contributed by atoms with E-state index in [4.69, 9.17) is 9.15 Å². The summed E-state index contributed by atoms with van der Waals surface area (Å²) in [5.74, 6) is 1.27. The van der Waals surface area contributed by atoms with Crippen LogP contribution in [0.4, 0.5) is 0 Å². The highest BCUT2D eigenvalue weighted by molar-refractivity contribution is 5.20. The molecule has 0 amide bonds. The smallest absolute Gasteiger partial charge is 0.339 e. The van der Waals surface area contributed by atoms with Crippen molar-refractivity contribution in [1.29, 1.82) is 0 Å². The minimum Gasteiger partial charge on any atom is -0.496 e. The number of rotatable bonds is 3. The van der Waals surface area contributed by atoms with Crippen LogP contribution in [-0.4, -0.2) is 50.1 Å². The predicted molar refractivity (Wildman–Crippen MR) is 76.0 cm³/mol. The summed E-state index contributed by atoms with van der Waals surface area (Å²) in [4.78, 5) is 16.2. The van der Waals surface area contributed by atoms with E-state index in [1.165, 1.54) is 32.0 Å². The first-order valence-corrected chi connectivity index (χ1v) is 7.18. The van der Waals surface area contributed by atoms with Crippen molar-refractivity contribution >= 4 is 0 Å². The standard InChI is InChI=1S/C15H22N2O3/c1-16-10-15(11-16)3-5-17(6-4-15)9-13-7-12(19-2)8-14(18)20-13/h7-8H,3-6,9-11H2,1-2H3. The molecular weight excluding hydrogens is 256 g/mol. The van der Waals surface area contributed by atoms with Crippen LogP contribution in [0.15, 0.2) is 21.3 Å². The molecule has 0 radical (unpaired) electrons. The van der Waals surface area contributed by atoms with Crippen LogP contribution in [0, 0.1) is 5.41 Å². The maximum Gasteiger partial charge on any atom is 0.339 e. The zero-order valence-corrected chi connectivity index (χ0v) is 12.2. The first-order chi connectivity index (χ1) is 9.58. The van der Waals surface area contributed by atoms with Crippen molar-refractivity contribution in [2.45, 2.75) is 19.4 Å². The number of piperidine rings is 1. The molecule has 5 heteroatoms. The Morgan fingerprint density at radius 3 is 2.60 bits per heavy atom. The van der Waals surface area contributed by atoms with Crippen molar-refractivity contribution < 1.29 is 9.15 Å². The lowest BCUT2D eigenvalue weighted by molar-refractivity contribution is -0.0341. The maximum absolute atomic E-state index is 11.4. The first kappa shape index (κ1) is 13.6. The lowest BCUT2D eigenvalue weighted by Gasteiger charge is -2.52. The van der Waals surface area contributed by atoms with Gasteiger partial charge in [-0.3, -0.25) is 4.90 Å². The van der Waals surface area contributed by atoms with Gasteiger partial charge < -0.3 is 14.1 Å². The highest BCUT2D eigenvalue weighted by Crippen LogP contribution is 2.39. The molecule has 0 aromatic carbocycles. The van der Waals surface area contributed by atoms with Crippen molar-refractivity contribution in [3.8, 4) is 5.75 Å². The van der Waals surface area contributed by atoms with Crippen LogP contribution in [0.1, 0.15) is 18.6 Å². The molecule has 0 atom stereocenters. The summed E-state index contributed by atoms with van der Waals surface area (Å²) in [6.45, 7) is 5.31. The second kappa shape index (κ2) is 5.22. The molecule has 1 aromatic heterocycles. The second-order valence-electron chi connectivity index (χ2n) is 6.23. The fourth-order valence-electron chi connectivity index (χ4n) is 3.52. The van der Waals surface area contributed by atoms with Crippen LogP contribution in [-0.2, 0) is 6.54 Å². The summed E-state index contributed by atoms with van der Waals surface area (Å²) in [5, 5.41) is 0. The molecule has 1 spiro atoms. The van der Waals surface area contributed by atoms with Crippen molar-refractivity contribution in [3.63, 3.8) is 0 Å². The summed E-state index contributed by atoms with van der Waals surface area (Å²) >= 11 is 0. The SMILES string of the molecule is COc1cc(CN2CCC3(CC2)CN(C)C3)oc(=O)c1. The average molecular weight is 278 g/mol. The molecule has 110 valence electrons. The number of ether oxygens (including phenoxy) is 1. The Balaban J connectivity index is 1.59. The van der Waals surface area contributed by atoms with E-state index in [1.807, 2.05) is 6.07 Å². The minimum absolute atomic E-state index is 0.339. The van der Waals surface area contributed by atoms with E-state index in [9.17, 15) is 4.79 Å². The summed E-state index contributed by atoms with van der Waals surface area (Å²) in [5.41, 5.74) is 0.217. The number of methoxy groups -OCH3 is 1. The third kappa shape index (κ3) is 2.74. The van der Waals surface area contributed by atoms with E-state index in [2.05, 4.69) is 16.8 Å². The van der Waals surface area contributed by atoms with E-state index in [1.54, 1.807) is 7.11 Å². The molecule has 2 aliphatic heterocycles. The third-order valence-corrected chi connectivity index (χ3v) is 4.54. The lowest BCUT2D eigenvalue weighted by Crippen LogP contribution is -2.58. The van der Waals surface area contributed by atoms with Crippen molar-refractivity contribution in [2.24, 2.45) is 5.41 Å². The molecule has 2 fully saturated rings. The van der Waals surface area contributed by atoms with Gasteiger partial charge in [0.1, 0.15) is 11.5 Å². The quantitative estimate of drug-likeness (QED) is 0.830. The Bertz CT molecular complexity index is 524. The van der Waals surface area contributed by atoms with E-state index in [0.717, 1.165) is 13.1 Å². The van der Waals surface area contributed by atoms with E-state index in [0.29, 0.717) is 23.5 Å². The number of hydrogen-bond donors (Lipinski definition) is 0. The molecule has 5 nitrogen and oxygen atoms in total. The molecule has 2 saturated heterocycles. The van der Waals surface area contributed by atoms with Gasteiger partial charge in [-0.15, -0.1) is 0 Å². The highest BCUT2D eigenvalue weighted by atomic mass is 16.5. The van der Waals surface area contributed by atoms with Gasteiger partial charge in [0.2, 0.25) is 0 Å². The normalized spacial score (nSPS) is 22.7. The highest BCUT2D eigenvalue weighted by Gasteiger charge is 2.42. The Morgan fingerprint density at radius 1 is 1.30 bits per heavy atom. The zero-order chi connectivity index (χ0) is 14.2. The van der Waals surface area contributed by atoms with E-state index >= 15 is 0 Å². The molecule has 0 N–H and O–H groups in total. The monoisotopic (exact) mass is 278 g/mol. The van der Waals surface area contributed by atoms with Crippen LogP contribution in [0.5, 0.6) is 5.75 Å². The zero-order valence-electron chi connectivity index (χ0n) is 12.2. The number of likely N-dealkylation sites (tertiary alicyclic amines) is 2. The number of hydrogen-bond acceptors (Lipinski definition) is 5. The van der Waals surface area contributed by atoms with Gasteiger partial charge in [0.15, 0.2) is 0 Å². The average Bonchev–Trinajstić information content (AvgIpc) is 2.39. The topological polar surface area (TPSA) is 45.9 Å². The molecule has 3 heterocycles. The Morgan fingerprint density at radius 2 is 2.00 bits per heavy atom. The molecule has 0 bridgehead atoms. The molecule has 3 rings (SSSR count). The van der Waals surface area contributed by atoms with Gasteiger partial charge in [0.05, 0.1) is 19.7 Å². The predicted octanol–water partition coefficient (Wildman–Crippen LogP) is 1.18. The minimum atomic E-state index is -0.339. The Hall–Kier alpha value is -1.33. The summed E-state index contributed by atoms with van der Waals surface area (Å²) in [6, 6.07) is 3.18. The summed E-state index contributed by atoms with van der Waals surface area (Å²) in [7, 11) is 3.75. The van der Waals surface area contributed by atoms with Crippen LogP contribution < -0.4 is 10.4 Å². The Kier molecular flexibility index (Phi) is 3.56. The first-order valence-electron chi connectivity index (χ1n) is 7.18. The van der Waals surface area contributed by atoms with Crippen LogP contribution >= 0.6 is 0 Å². The van der Waals surface area contributed by atoms with E-state index in [-0.39, 0.29) is 5.63 Å². The van der Waals surface area contributed by atoms with Gasteiger partial charge in [-0.1, -0.05) is 0 Å². The van der Waals surface area contributed by atoms with Gasteiger partial charge in [0.25, 0.3) is 0 Å². The molecule has 0 unspecified atom stereocenters. The van der Waals surface area contributed by atoms with Crippen molar-refractivity contribution in [3.05, 3.63) is 28.3 Å². The second-order valence-corrected chi connectivity index (χ2v) is 6.23. The van der Waals surface area contributed by atoms with Crippen LogP contribution in [0.3, 0.4) is 0 Å². The van der Waals surface area contributed by atoms with Crippen LogP contribution in [0.25, 0.3) is 0 Å². The fraction of sp³-hybridized carbons (Fsp3) is 0.667. The largest absolute Gasteiger partial charge is 0.496 e. The molecule has 20 heavy (non-hydrogen) atoms. The summed E-state index contributed by atoms with van der Waals surface area (Å²) in [6.07, 6.45) is 2.48. The number of nitrogens with zero attached hydrogens (tertiary/aromatic N) is 2. The Labute approximate surface area is 119 Å². The maximum atomic E-state index is 11.4. The van der Waals surface area contributed by atoms with Crippen molar-refractivity contribution in [1.82, 2.24) is 9.80 Å². The van der Waals surface area contributed by atoms with Gasteiger partial charge >= 0.3 is 5.63 Å². The van der Waals surface area contributed by atoms with Gasteiger partial charge in [0, 0.05) is 19.2 Å². The van der Waals surface area contributed by atoms with Gasteiger partial charge in [-0.25, -0.2) is 4.79 Å². The van der Waals surface area contributed by atoms with E-state index < -0.39 is 0 Å². The third-order valence-electron chi connectivity index (χ3n) is 4.54. The van der Waals surface area contributed by atoms with Gasteiger partial charge in [-0.2, -0.15) is 0 Å². The molecule has 2 aliphatic rings. The molecule has 0 saturated carbocycles. The molecular formula is C15H22N2O3. The molecule has 1 aromatic rings. The van der Waals surface area contributed by atoms with Crippen molar-refractivity contribution in [2.75, 3.05) is 40.3 Å². The van der Waals surface area contributed by atoms with Crippen LogP contribution in [0.2, 0.25) is 0 Å². The fourth-order valence-corrected chi connectivity index (χ4v) is 3.52. The molecule has 0 aliphatic carbocycles.